The fourth-order valence-corrected chi connectivity index (χ4v) is 3.97. The van der Waals surface area contributed by atoms with Gasteiger partial charge in [-0.05, 0) is 50.8 Å². The maximum absolute atomic E-state index is 12.7. The monoisotopic (exact) mass is 436 g/mol. The van der Waals surface area contributed by atoms with Gasteiger partial charge >= 0.3 is 11.9 Å². The van der Waals surface area contributed by atoms with Gasteiger partial charge in [0.1, 0.15) is 6.04 Å². The van der Waals surface area contributed by atoms with Crippen molar-refractivity contribution in [3.63, 3.8) is 0 Å². The number of carbonyl (C=O) groups excluding carboxylic acids is 4. The number of halogens is 1. The molecule has 8 nitrogen and oxygen atoms in total. The Morgan fingerprint density at radius 1 is 1.13 bits per heavy atom. The van der Waals surface area contributed by atoms with Crippen LogP contribution in [0.15, 0.2) is 18.2 Å². The van der Waals surface area contributed by atoms with Gasteiger partial charge in [0.2, 0.25) is 5.91 Å². The van der Waals surface area contributed by atoms with Crippen molar-refractivity contribution in [2.45, 2.75) is 45.1 Å². The Morgan fingerprint density at radius 3 is 2.63 bits per heavy atom. The lowest BCUT2D eigenvalue weighted by Gasteiger charge is -2.33. The summed E-state index contributed by atoms with van der Waals surface area (Å²) in [6.45, 7) is 2.36. The van der Waals surface area contributed by atoms with Crippen LogP contribution in [0.4, 0.5) is 5.69 Å². The van der Waals surface area contributed by atoms with Gasteiger partial charge in [0.05, 0.1) is 17.9 Å². The molecule has 0 bridgehead atoms. The van der Waals surface area contributed by atoms with E-state index in [1.54, 1.807) is 13.0 Å². The third-order valence-electron chi connectivity index (χ3n) is 5.25. The summed E-state index contributed by atoms with van der Waals surface area (Å²) in [6.07, 6.45) is 3.22. The molecule has 2 fully saturated rings. The van der Waals surface area contributed by atoms with Crippen molar-refractivity contribution in [3.8, 4) is 0 Å². The third kappa shape index (κ3) is 4.92. The minimum Gasteiger partial charge on any atom is -0.464 e. The zero-order valence-corrected chi connectivity index (χ0v) is 17.7. The number of amides is 2. The van der Waals surface area contributed by atoms with E-state index in [0.29, 0.717) is 43.1 Å². The Morgan fingerprint density at radius 2 is 1.93 bits per heavy atom. The zero-order chi connectivity index (χ0) is 21.7. The van der Waals surface area contributed by atoms with Crippen molar-refractivity contribution in [2.75, 3.05) is 31.2 Å². The number of anilines is 1. The highest BCUT2D eigenvalue weighted by Gasteiger charge is 2.34. The number of rotatable bonds is 6. The molecule has 0 spiro atoms. The summed E-state index contributed by atoms with van der Waals surface area (Å²) in [7, 11) is 0. The topological polar surface area (TPSA) is 93.2 Å². The highest BCUT2D eigenvalue weighted by molar-refractivity contribution is 6.31. The summed E-state index contributed by atoms with van der Waals surface area (Å²) in [5.74, 6) is -1.70. The van der Waals surface area contributed by atoms with Gasteiger partial charge in [-0.15, -0.1) is 0 Å². The molecule has 162 valence electrons. The van der Waals surface area contributed by atoms with Gasteiger partial charge in [0.25, 0.3) is 5.91 Å². The summed E-state index contributed by atoms with van der Waals surface area (Å²) >= 11 is 6.05. The minimum atomic E-state index is -0.723. The number of benzene rings is 1. The Kier molecular flexibility index (Phi) is 7.31. The van der Waals surface area contributed by atoms with Gasteiger partial charge in [-0.3, -0.25) is 9.59 Å². The molecule has 3 rings (SSSR count). The lowest BCUT2D eigenvalue weighted by atomic mass is 10.0. The maximum Gasteiger partial charge on any atom is 0.340 e. The maximum atomic E-state index is 12.7. The molecule has 2 heterocycles. The number of ether oxygens (including phenoxy) is 2. The van der Waals surface area contributed by atoms with Gasteiger partial charge in [-0.1, -0.05) is 11.6 Å². The van der Waals surface area contributed by atoms with Crippen LogP contribution in [0, 0.1) is 0 Å². The van der Waals surface area contributed by atoms with E-state index in [0.717, 1.165) is 12.8 Å². The predicted octanol–water partition coefficient (Wildman–Crippen LogP) is 2.57. The van der Waals surface area contributed by atoms with Gasteiger partial charge in [-0.2, -0.15) is 0 Å². The van der Waals surface area contributed by atoms with E-state index in [-0.39, 0.29) is 18.1 Å². The van der Waals surface area contributed by atoms with E-state index in [1.807, 2.05) is 0 Å². The van der Waals surface area contributed by atoms with E-state index >= 15 is 0 Å². The van der Waals surface area contributed by atoms with Crippen molar-refractivity contribution in [3.05, 3.63) is 28.8 Å². The van der Waals surface area contributed by atoms with E-state index in [1.165, 1.54) is 21.9 Å². The molecule has 0 radical (unpaired) electrons. The quantitative estimate of drug-likeness (QED) is 0.636. The fourth-order valence-electron chi connectivity index (χ4n) is 3.81. The Labute approximate surface area is 180 Å². The summed E-state index contributed by atoms with van der Waals surface area (Å²) in [4.78, 5) is 52.5. The zero-order valence-electron chi connectivity index (χ0n) is 16.9. The van der Waals surface area contributed by atoms with Crippen molar-refractivity contribution in [2.24, 2.45) is 0 Å². The number of likely N-dealkylation sites (tertiary alicyclic amines) is 1. The first kappa shape index (κ1) is 22.1. The van der Waals surface area contributed by atoms with Crippen LogP contribution in [0.5, 0.6) is 0 Å². The normalized spacial score (nSPS) is 19.0. The molecule has 0 aromatic heterocycles. The smallest absolute Gasteiger partial charge is 0.340 e. The molecule has 0 aliphatic carbocycles. The van der Waals surface area contributed by atoms with Crippen LogP contribution in [-0.4, -0.2) is 61.0 Å². The SMILES string of the molecule is CCOC(=O)C1CCCCN1C(=O)COC(=O)c1ccc(Cl)cc1N1CCCC1=O. The van der Waals surface area contributed by atoms with Crippen LogP contribution in [0.2, 0.25) is 5.02 Å². The van der Waals surface area contributed by atoms with Crippen LogP contribution in [0.1, 0.15) is 49.4 Å². The Bertz CT molecular complexity index is 843. The molecule has 1 aromatic rings. The van der Waals surface area contributed by atoms with Crippen LogP contribution >= 0.6 is 11.6 Å². The summed E-state index contributed by atoms with van der Waals surface area (Å²) < 4.78 is 10.3. The van der Waals surface area contributed by atoms with E-state index in [4.69, 9.17) is 21.1 Å². The molecule has 1 atom stereocenters. The number of nitrogens with zero attached hydrogens (tertiary/aromatic N) is 2. The van der Waals surface area contributed by atoms with Gasteiger partial charge in [0.15, 0.2) is 6.61 Å². The average molecular weight is 437 g/mol. The van der Waals surface area contributed by atoms with Crippen molar-refractivity contribution < 1.29 is 28.7 Å². The number of hydrogen-bond acceptors (Lipinski definition) is 6. The largest absolute Gasteiger partial charge is 0.464 e. The van der Waals surface area contributed by atoms with Gasteiger partial charge in [-0.25, -0.2) is 9.59 Å². The molecule has 2 amide bonds. The molecular weight excluding hydrogens is 412 g/mol. The minimum absolute atomic E-state index is 0.0898. The summed E-state index contributed by atoms with van der Waals surface area (Å²) in [5, 5.41) is 0.392. The highest BCUT2D eigenvalue weighted by atomic mass is 35.5. The number of carbonyl (C=O) groups is 4. The molecule has 30 heavy (non-hydrogen) atoms. The second kappa shape index (κ2) is 9.93. The Hall–Kier alpha value is -2.61. The van der Waals surface area contributed by atoms with Crippen LogP contribution in [0.3, 0.4) is 0 Å². The Balaban J connectivity index is 1.68. The first-order valence-corrected chi connectivity index (χ1v) is 10.5. The van der Waals surface area contributed by atoms with Crippen molar-refractivity contribution in [1.29, 1.82) is 0 Å². The molecule has 2 aliphatic rings. The lowest BCUT2D eigenvalue weighted by molar-refractivity contribution is -0.157. The molecule has 2 aliphatic heterocycles. The molecule has 1 aromatic carbocycles. The fraction of sp³-hybridized carbons (Fsp3) is 0.524. The van der Waals surface area contributed by atoms with Crippen molar-refractivity contribution >= 4 is 41.0 Å². The molecular formula is C21H25ClN2O6. The van der Waals surface area contributed by atoms with Crippen molar-refractivity contribution in [1.82, 2.24) is 4.90 Å². The van der Waals surface area contributed by atoms with E-state index in [9.17, 15) is 19.2 Å². The number of piperidine rings is 1. The standard InChI is InChI=1S/C21H25ClN2O6/c1-2-29-21(28)16-6-3-4-10-23(16)19(26)13-30-20(27)15-9-8-14(22)12-17(15)24-11-5-7-18(24)25/h8-9,12,16H,2-7,10-11,13H2,1H3. The summed E-state index contributed by atoms with van der Waals surface area (Å²) in [6, 6.07) is 3.91. The lowest BCUT2D eigenvalue weighted by Crippen LogP contribution is -2.50. The molecule has 1 unspecified atom stereocenters. The van der Waals surface area contributed by atoms with Gasteiger partial charge in [0, 0.05) is 24.5 Å². The second-order valence-electron chi connectivity index (χ2n) is 7.24. The van der Waals surface area contributed by atoms with E-state index in [2.05, 4.69) is 0 Å². The first-order chi connectivity index (χ1) is 14.4. The molecule has 0 N–H and O–H groups in total. The van der Waals surface area contributed by atoms with E-state index < -0.39 is 30.5 Å². The van der Waals surface area contributed by atoms with Crippen LogP contribution in [-0.2, 0) is 23.9 Å². The third-order valence-corrected chi connectivity index (χ3v) is 5.49. The molecule has 2 saturated heterocycles. The van der Waals surface area contributed by atoms with Crippen LogP contribution in [0.25, 0.3) is 0 Å². The van der Waals surface area contributed by atoms with Gasteiger partial charge < -0.3 is 19.3 Å². The average Bonchev–Trinajstić information content (AvgIpc) is 3.17. The highest BCUT2D eigenvalue weighted by Crippen LogP contribution is 2.29. The summed E-state index contributed by atoms with van der Waals surface area (Å²) in [5.41, 5.74) is 0.549. The number of hydrogen-bond donors (Lipinski definition) is 0. The molecule has 9 heteroatoms. The van der Waals surface area contributed by atoms with Crippen LogP contribution < -0.4 is 4.90 Å². The predicted molar refractivity (Wildman–Crippen MR) is 109 cm³/mol. The second-order valence-corrected chi connectivity index (χ2v) is 7.67. The molecule has 0 saturated carbocycles. The first-order valence-electron chi connectivity index (χ1n) is 10.2. The number of esters is 2.